The van der Waals surface area contributed by atoms with E-state index in [1.54, 1.807) is 19.1 Å². The van der Waals surface area contributed by atoms with Gasteiger partial charge in [0.2, 0.25) is 0 Å². The summed E-state index contributed by atoms with van der Waals surface area (Å²) in [4.78, 5) is 13.0. The molecule has 1 N–H and O–H groups in total. The molecular weight excluding hydrogens is 397 g/mol. The van der Waals surface area contributed by atoms with Crippen LogP contribution >= 0.6 is 50.5 Å². The Balaban J connectivity index is 2.30. The van der Waals surface area contributed by atoms with E-state index in [1.807, 2.05) is 18.2 Å². The molecule has 0 bridgehead atoms. The third kappa shape index (κ3) is 4.36. The van der Waals surface area contributed by atoms with Gasteiger partial charge in [0.05, 0.1) is 6.61 Å². The zero-order valence-corrected chi connectivity index (χ0v) is 14.9. The molecular formula is C14H12BrCl2NO2S. The summed E-state index contributed by atoms with van der Waals surface area (Å²) in [5.74, 6) is -0.358. The second-order valence-corrected chi connectivity index (χ2v) is 7.09. The largest absolute Gasteiger partial charge is 0.464 e. The van der Waals surface area contributed by atoms with Gasteiger partial charge in [-0.2, -0.15) is 0 Å². The molecule has 0 aliphatic carbocycles. The molecule has 0 aliphatic rings. The van der Waals surface area contributed by atoms with Crippen LogP contribution in [0.3, 0.4) is 0 Å². The lowest BCUT2D eigenvalue weighted by Crippen LogP contribution is -2.22. The predicted octanol–water partition coefficient (Wildman–Crippen LogP) is 5.53. The van der Waals surface area contributed by atoms with Crippen LogP contribution in [0.15, 0.2) is 34.8 Å². The minimum atomic E-state index is -0.628. The number of esters is 1. The van der Waals surface area contributed by atoms with E-state index in [0.717, 1.165) is 15.0 Å². The van der Waals surface area contributed by atoms with Crippen molar-refractivity contribution in [2.24, 2.45) is 0 Å². The normalized spacial score (nSPS) is 12.0. The molecule has 0 fully saturated rings. The maximum absolute atomic E-state index is 12.2. The minimum absolute atomic E-state index is 0.312. The molecule has 0 spiro atoms. The maximum Gasteiger partial charge on any atom is 0.334 e. The Bertz CT molecular complexity index is 628. The number of anilines is 1. The van der Waals surface area contributed by atoms with Gasteiger partial charge >= 0.3 is 5.97 Å². The van der Waals surface area contributed by atoms with Crippen LogP contribution in [-0.4, -0.2) is 12.6 Å². The topological polar surface area (TPSA) is 38.3 Å². The fraction of sp³-hybridized carbons (Fsp3) is 0.214. The van der Waals surface area contributed by atoms with Gasteiger partial charge in [0, 0.05) is 20.1 Å². The van der Waals surface area contributed by atoms with Gasteiger partial charge < -0.3 is 10.1 Å². The van der Waals surface area contributed by atoms with Crippen LogP contribution in [0.25, 0.3) is 0 Å². The fourth-order valence-corrected chi connectivity index (χ4v) is 3.69. The molecule has 1 aromatic carbocycles. The molecule has 1 aromatic heterocycles. The number of hydrogen-bond acceptors (Lipinski definition) is 4. The van der Waals surface area contributed by atoms with E-state index in [9.17, 15) is 4.79 Å². The van der Waals surface area contributed by atoms with Crippen molar-refractivity contribution in [3.05, 3.63) is 49.0 Å². The monoisotopic (exact) mass is 407 g/mol. The second-order valence-electron chi connectivity index (χ2n) is 4.11. The van der Waals surface area contributed by atoms with Gasteiger partial charge in [-0.3, -0.25) is 0 Å². The molecule has 0 saturated carbocycles. The van der Waals surface area contributed by atoms with E-state index in [2.05, 4.69) is 21.2 Å². The van der Waals surface area contributed by atoms with Crippen molar-refractivity contribution in [2.75, 3.05) is 11.9 Å². The molecule has 0 amide bonds. The highest BCUT2D eigenvalue weighted by Gasteiger charge is 2.25. The average molecular weight is 409 g/mol. The third-order valence-corrected chi connectivity index (χ3v) is 5.38. The molecule has 0 aliphatic heterocycles. The van der Waals surface area contributed by atoms with Gasteiger partial charge in [0.25, 0.3) is 0 Å². The van der Waals surface area contributed by atoms with Crippen molar-refractivity contribution < 1.29 is 9.53 Å². The Labute approximate surface area is 145 Å². The summed E-state index contributed by atoms with van der Waals surface area (Å²) < 4.78 is 6.47. The lowest BCUT2D eigenvalue weighted by molar-refractivity contribution is -0.144. The van der Waals surface area contributed by atoms with Crippen LogP contribution in [0.5, 0.6) is 0 Å². The number of ether oxygens (including phenoxy) is 1. The van der Waals surface area contributed by atoms with Crippen LogP contribution in [0, 0.1) is 0 Å². The van der Waals surface area contributed by atoms with E-state index in [-0.39, 0.29) is 5.97 Å². The van der Waals surface area contributed by atoms with Gasteiger partial charge in [-0.05, 0) is 47.1 Å². The van der Waals surface area contributed by atoms with Crippen LogP contribution in [-0.2, 0) is 9.53 Å². The summed E-state index contributed by atoms with van der Waals surface area (Å²) in [5.41, 5.74) is 0.737. The van der Waals surface area contributed by atoms with Crippen LogP contribution in [0.2, 0.25) is 9.36 Å². The third-order valence-electron chi connectivity index (χ3n) is 2.61. The molecule has 1 unspecified atom stereocenters. The molecule has 0 saturated heterocycles. The fourth-order valence-electron chi connectivity index (χ4n) is 1.72. The van der Waals surface area contributed by atoms with E-state index < -0.39 is 6.04 Å². The first kappa shape index (κ1) is 16.6. The zero-order valence-electron chi connectivity index (χ0n) is 11.0. The maximum atomic E-state index is 12.2. The van der Waals surface area contributed by atoms with Crippen LogP contribution in [0.4, 0.5) is 5.69 Å². The van der Waals surface area contributed by atoms with E-state index in [4.69, 9.17) is 27.9 Å². The Kier molecular flexibility index (Phi) is 5.93. The molecule has 2 rings (SSSR count). The van der Waals surface area contributed by atoms with Gasteiger partial charge in [0.15, 0.2) is 6.04 Å². The first-order valence-corrected chi connectivity index (χ1v) is 8.51. The summed E-state index contributed by atoms with van der Waals surface area (Å²) in [7, 11) is 0. The number of nitrogens with one attached hydrogen (secondary N) is 1. The number of halogens is 3. The number of carbonyl (C=O) groups is 1. The van der Waals surface area contributed by atoms with Gasteiger partial charge in [0.1, 0.15) is 4.34 Å². The SMILES string of the molecule is CCOC(=O)C(Nc1cccc(Cl)c1)c1cc(Br)c(Cl)s1. The number of hydrogen-bond donors (Lipinski definition) is 1. The molecule has 3 nitrogen and oxygen atoms in total. The smallest absolute Gasteiger partial charge is 0.334 e. The molecule has 1 heterocycles. The average Bonchev–Trinajstić information content (AvgIpc) is 2.76. The standard InChI is InChI=1S/C14H12BrCl2NO2S/c1-2-20-14(19)12(11-7-10(15)13(17)21-11)18-9-5-3-4-8(16)6-9/h3-7,12,18H,2H2,1H3. The van der Waals surface area contributed by atoms with Crippen LogP contribution < -0.4 is 5.32 Å². The van der Waals surface area contributed by atoms with Crippen molar-refractivity contribution in [3.63, 3.8) is 0 Å². The van der Waals surface area contributed by atoms with E-state index >= 15 is 0 Å². The van der Waals surface area contributed by atoms with Crippen molar-refractivity contribution in [2.45, 2.75) is 13.0 Å². The summed E-state index contributed by atoms with van der Waals surface area (Å²) in [5, 5.41) is 3.72. The lowest BCUT2D eigenvalue weighted by Gasteiger charge is -2.17. The second kappa shape index (κ2) is 7.49. The highest BCUT2D eigenvalue weighted by atomic mass is 79.9. The summed E-state index contributed by atoms with van der Waals surface area (Å²) in [6.45, 7) is 2.08. The van der Waals surface area contributed by atoms with Crippen molar-refractivity contribution in [1.29, 1.82) is 0 Å². The lowest BCUT2D eigenvalue weighted by atomic mass is 10.2. The van der Waals surface area contributed by atoms with Gasteiger partial charge in [-0.1, -0.05) is 29.3 Å². The van der Waals surface area contributed by atoms with E-state index in [1.165, 1.54) is 11.3 Å². The summed E-state index contributed by atoms with van der Waals surface area (Å²) in [6, 6.07) is 8.35. The number of benzene rings is 1. The first-order valence-electron chi connectivity index (χ1n) is 6.14. The molecule has 2 aromatic rings. The Hall–Kier alpha value is -0.750. The van der Waals surface area contributed by atoms with Gasteiger partial charge in [-0.15, -0.1) is 11.3 Å². The van der Waals surface area contributed by atoms with Crippen molar-refractivity contribution >= 4 is 62.1 Å². The highest BCUT2D eigenvalue weighted by Crippen LogP contribution is 2.37. The Morgan fingerprint density at radius 1 is 1.43 bits per heavy atom. The highest BCUT2D eigenvalue weighted by molar-refractivity contribution is 9.10. The van der Waals surface area contributed by atoms with Crippen molar-refractivity contribution in [3.8, 4) is 0 Å². The minimum Gasteiger partial charge on any atom is -0.464 e. The Morgan fingerprint density at radius 2 is 2.19 bits per heavy atom. The van der Waals surface area contributed by atoms with Crippen LogP contribution in [0.1, 0.15) is 17.8 Å². The molecule has 112 valence electrons. The molecule has 0 radical (unpaired) electrons. The predicted molar refractivity (Wildman–Crippen MR) is 91.5 cm³/mol. The zero-order chi connectivity index (χ0) is 15.4. The number of thiophene rings is 1. The van der Waals surface area contributed by atoms with Crippen molar-refractivity contribution in [1.82, 2.24) is 0 Å². The Morgan fingerprint density at radius 3 is 2.76 bits per heavy atom. The van der Waals surface area contributed by atoms with E-state index in [0.29, 0.717) is 16.0 Å². The quantitative estimate of drug-likeness (QED) is 0.660. The summed E-state index contributed by atoms with van der Waals surface area (Å²) in [6.07, 6.45) is 0. The number of rotatable bonds is 5. The molecule has 1 atom stereocenters. The first-order chi connectivity index (χ1) is 10.0. The molecule has 21 heavy (non-hydrogen) atoms. The molecule has 7 heteroatoms. The summed E-state index contributed by atoms with van der Waals surface area (Å²) >= 11 is 16.7. The number of carbonyl (C=O) groups excluding carboxylic acids is 1. The van der Waals surface area contributed by atoms with Gasteiger partial charge in [-0.25, -0.2) is 4.79 Å².